The van der Waals surface area contributed by atoms with Crippen LogP contribution in [0.25, 0.3) is 0 Å². The van der Waals surface area contributed by atoms with Gasteiger partial charge in [0, 0.05) is 24.9 Å². The van der Waals surface area contributed by atoms with Crippen molar-refractivity contribution in [1.82, 2.24) is 0 Å². The summed E-state index contributed by atoms with van der Waals surface area (Å²) >= 11 is 0. The van der Waals surface area contributed by atoms with E-state index in [4.69, 9.17) is 14.2 Å². The molecule has 1 N–H and O–H groups in total. The highest BCUT2D eigenvalue weighted by atomic mass is 16.6. The largest absolute Gasteiger partial charge is 0.459 e. The lowest BCUT2D eigenvalue weighted by molar-refractivity contribution is -0.159. The molecule has 4 rings (SSSR count). The number of hydrogen-bond acceptors (Lipinski definition) is 5. The first-order valence-electron chi connectivity index (χ1n) is 10.6. The number of esters is 1. The molecule has 0 spiro atoms. The van der Waals surface area contributed by atoms with Gasteiger partial charge in [-0.25, -0.2) is 0 Å². The van der Waals surface area contributed by atoms with Crippen LogP contribution in [-0.2, 0) is 19.0 Å². The summed E-state index contributed by atoms with van der Waals surface area (Å²) in [6.45, 7) is 6.83. The van der Waals surface area contributed by atoms with Crippen LogP contribution in [-0.4, -0.2) is 49.2 Å². The fourth-order valence-electron chi connectivity index (χ4n) is 6.45. The molecule has 5 nitrogen and oxygen atoms in total. The fraction of sp³-hybridized carbons (Fsp3) is 0.864. The van der Waals surface area contributed by atoms with Crippen molar-refractivity contribution < 1.29 is 24.1 Å². The molecule has 8 atom stereocenters. The van der Waals surface area contributed by atoms with Crippen LogP contribution in [0.3, 0.4) is 0 Å². The predicted molar refractivity (Wildman–Crippen MR) is 101 cm³/mol. The van der Waals surface area contributed by atoms with Crippen molar-refractivity contribution in [2.45, 2.75) is 83.7 Å². The minimum Gasteiger partial charge on any atom is -0.459 e. The van der Waals surface area contributed by atoms with E-state index in [2.05, 4.69) is 19.9 Å². The molecule has 0 amide bonds. The van der Waals surface area contributed by atoms with Crippen molar-refractivity contribution in [3.05, 3.63) is 11.6 Å². The lowest BCUT2D eigenvalue weighted by Crippen LogP contribution is -2.58. The minimum absolute atomic E-state index is 0.0596. The van der Waals surface area contributed by atoms with Crippen LogP contribution in [0.5, 0.6) is 0 Å². The molecule has 0 radical (unpaired) electrons. The average molecular weight is 379 g/mol. The monoisotopic (exact) mass is 378 g/mol. The topological polar surface area (TPSA) is 65.0 Å². The summed E-state index contributed by atoms with van der Waals surface area (Å²) in [4.78, 5) is 11.9. The van der Waals surface area contributed by atoms with Gasteiger partial charge in [-0.3, -0.25) is 4.79 Å². The maximum Gasteiger partial charge on any atom is 0.305 e. The highest BCUT2D eigenvalue weighted by Gasteiger charge is 2.62. The number of carbonyl (C=O) groups is 1. The second kappa shape index (κ2) is 6.85. The molecule has 4 aliphatic rings. The van der Waals surface area contributed by atoms with E-state index in [1.54, 1.807) is 7.11 Å². The second-order valence-electron chi connectivity index (χ2n) is 9.51. The normalized spacial score (nSPS) is 48.9. The van der Waals surface area contributed by atoms with Crippen molar-refractivity contribution in [2.75, 3.05) is 13.7 Å². The number of ether oxygens (including phenoxy) is 3. The average Bonchev–Trinajstić information content (AvgIpc) is 2.98. The molecule has 0 aromatic heterocycles. The summed E-state index contributed by atoms with van der Waals surface area (Å²) in [7, 11) is 1.78. The summed E-state index contributed by atoms with van der Waals surface area (Å²) in [5.74, 6) is 0.315. The molecule has 1 aliphatic heterocycles. The van der Waals surface area contributed by atoms with E-state index in [-0.39, 0.29) is 41.0 Å². The minimum atomic E-state index is -0.501. The molecule has 3 unspecified atom stereocenters. The van der Waals surface area contributed by atoms with E-state index in [0.29, 0.717) is 18.9 Å². The first-order valence-corrected chi connectivity index (χ1v) is 10.6. The van der Waals surface area contributed by atoms with Gasteiger partial charge in [-0.2, -0.15) is 0 Å². The number of fused-ring (bicyclic) bond motifs is 5. The standard InChI is InChI=1S/C22H34O5/c1-5-18(24)27-17-12-26-20-19-15(7-9-22(17,20)3)21(2)8-6-14(25-4)10-13(21)11-16(19)23/h11,14-17,19-20,23H,5-10,12H2,1-4H3/t14-,15?,16-,17-,19?,20?,21-,22+/m0/s1. The van der Waals surface area contributed by atoms with Crippen LogP contribution in [0, 0.1) is 22.7 Å². The van der Waals surface area contributed by atoms with Crippen molar-refractivity contribution in [3.63, 3.8) is 0 Å². The van der Waals surface area contributed by atoms with Crippen LogP contribution >= 0.6 is 0 Å². The van der Waals surface area contributed by atoms with E-state index >= 15 is 0 Å². The third-order valence-electron chi connectivity index (χ3n) is 8.27. The van der Waals surface area contributed by atoms with E-state index < -0.39 is 6.10 Å². The number of hydrogen-bond donors (Lipinski definition) is 1. The lowest BCUT2D eigenvalue weighted by Gasteiger charge is -2.58. The Labute approximate surface area is 162 Å². The Balaban J connectivity index is 1.62. The number of rotatable bonds is 3. The van der Waals surface area contributed by atoms with Gasteiger partial charge < -0.3 is 19.3 Å². The number of carbonyl (C=O) groups excluding carboxylic acids is 1. The van der Waals surface area contributed by atoms with Crippen molar-refractivity contribution in [2.24, 2.45) is 22.7 Å². The van der Waals surface area contributed by atoms with Gasteiger partial charge in [0.05, 0.1) is 24.9 Å². The van der Waals surface area contributed by atoms with Gasteiger partial charge in [-0.15, -0.1) is 0 Å². The van der Waals surface area contributed by atoms with Gasteiger partial charge in [0.15, 0.2) is 0 Å². The van der Waals surface area contributed by atoms with E-state index in [1.807, 2.05) is 6.92 Å². The van der Waals surface area contributed by atoms with Crippen LogP contribution < -0.4 is 0 Å². The van der Waals surface area contributed by atoms with Gasteiger partial charge in [0.2, 0.25) is 0 Å². The number of aliphatic hydroxyl groups excluding tert-OH is 1. The summed E-state index contributed by atoms with van der Waals surface area (Å²) in [5, 5.41) is 11.1. The lowest BCUT2D eigenvalue weighted by atomic mass is 9.49. The van der Waals surface area contributed by atoms with Gasteiger partial charge in [0.1, 0.15) is 6.10 Å². The van der Waals surface area contributed by atoms with Crippen LogP contribution in [0.15, 0.2) is 11.6 Å². The van der Waals surface area contributed by atoms with Crippen LogP contribution in [0.4, 0.5) is 0 Å². The molecular formula is C22H34O5. The van der Waals surface area contributed by atoms with Crippen LogP contribution in [0.1, 0.15) is 59.3 Å². The molecular weight excluding hydrogens is 344 g/mol. The van der Waals surface area contributed by atoms with E-state index in [1.165, 1.54) is 5.57 Å². The zero-order valence-electron chi connectivity index (χ0n) is 17.1. The van der Waals surface area contributed by atoms with Gasteiger partial charge in [-0.1, -0.05) is 32.4 Å². The van der Waals surface area contributed by atoms with Gasteiger partial charge in [-0.05, 0) is 43.4 Å². The Bertz CT molecular complexity index is 630. The quantitative estimate of drug-likeness (QED) is 0.603. The van der Waals surface area contributed by atoms with Crippen LogP contribution in [0.2, 0.25) is 0 Å². The smallest absolute Gasteiger partial charge is 0.305 e. The SMILES string of the molecule is CCC(=O)O[C@H]1COC2C3C(CC[C@@]21C)[C@@]1(C)CC[C@H](OC)CC1=C[C@@H]3O. The molecule has 1 heterocycles. The molecule has 27 heavy (non-hydrogen) atoms. The van der Waals surface area contributed by atoms with E-state index in [9.17, 15) is 9.90 Å². The Hall–Kier alpha value is -0.910. The molecule has 1 saturated heterocycles. The van der Waals surface area contributed by atoms with Crippen molar-refractivity contribution in [3.8, 4) is 0 Å². The van der Waals surface area contributed by atoms with Gasteiger partial charge in [0.25, 0.3) is 0 Å². The second-order valence-corrected chi connectivity index (χ2v) is 9.51. The van der Waals surface area contributed by atoms with E-state index in [0.717, 1.165) is 32.1 Å². The molecule has 3 aliphatic carbocycles. The summed E-state index contributed by atoms with van der Waals surface area (Å²) in [6.07, 6.45) is 7.10. The summed E-state index contributed by atoms with van der Waals surface area (Å²) in [6, 6.07) is 0. The number of methoxy groups -OCH3 is 1. The maximum atomic E-state index is 11.9. The maximum absolute atomic E-state index is 11.9. The molecule has 3 fully saturated rings. The molecule has 0 aromatic rings. The Kier molecular flexibility index (Phi) is 4.93. The highest BCUT2D eigenvalue weighted by molar-refractivity contribution is 5.69. The number of aliphatic hydroxyl groups is 1. The highest BCUT2D eigenvalue weighted by Crippen LogP contribution is 2.62. The summed E-state index contributed by atoms with van der Waals surface area (Å²) < 4.78 is 17.6. The zero-order valence-corrected chi connectivity index (χ0v) is 17.1. The van der Waals surface area contributed by atoms with Crippen molar-refractivity contribution >= 4 is 5.97 Å². The Morgan fingerprint density at radius 1 is 1.33 bits per heavy atom. The first kappa shape index (κ1) is 19.4. The molecule has 2 saturated carbocycles. The third kappa shape index (κ3) is 2.89. The fourth-order valence-corrected chi connectivity index (χ4v) is 6.45. The zero-order chi connectivity index (χ0) is 19.4. The van der Waals surface area contributed by atoms with Gasteiger partial charge >= 0.3 is 5.97 Å². The first-order chi connectivity index (χ1) is 12.8. The Morgan fingerprint density at radius 3 is 2.81 bits per heavy atom. The molecule has 5 heteroatoms. The Morgan fingerprint density at radius 2 is 2.11 bits per heavy atom. The third-order valence-corrected chi connectivity index (χ3v) is 8.27. The molecule has 0 aromatic carbocycles. The van der Waals surface area contributed by atoms with Crippen molar-refractivity contribution in [1.29, 1.82) is 0 Å². The molecule has 0 bridgehead atoms. The summed E-state index contributed by atoms with van der Waals surface area (Å²) in [5.41, 5.74) is 1.27. The molecule has 152 valence electrons. The predicted octanol–water partition coefficient (Wildman–Crippen LogP) is 3.25.